The fourth-order valence-corrected chi connectivity index (χ4v) is 1.78. The molecule has 0 saturated heterocycles. The molecule has 0 bridgehead atoms. The summed E-state index contributed by atoms with van der Waals surface area (Å²) in [6, 6.07) is 1.36. The highest BCUT2D eigenvalue weighted by Gasteiger charge is 2.07. The molecule has 0 rings (SSSR count). The minimum Gasteiger partial charge on any atom is -0.312 e. The van der Waals surface area contributed by atoms with Crippen LogP contribution in [0.4, 0.5) is 0 Å². The zero-order chi connectivity index (χ0) is 9.56. The van der Waals surface area contributed by atoms with Crippen LogP contribution in [0.15, 0.2) is 0 Å². The summed E-state index contributed by atoms with van der Waals surface area (Å²) in [5.41, 5.74) is 0. The van der Waals surface area contributed by atoms with E-state index in [9.17, 15) is 0 Å². The van der Waals surface area contributed by atoms with Crippen LogP contribution in [0.2, 0.25) is 0 Å². The van der Waals surface area contributed by atoms with Gasteiger partial charge >= 0.3 is 0 Å². The van der Waals surface area contributed by atoms with Crippen molar-refractivity contribution in [2.45, 2.75) is 66.0 Å². The molecule has 1 N–H and O–H groups in total. The Labute approximate surface area is 77.9 Å². The van der Waals surface area contributed by atoms with Gasteiger partial charge in [0.2, 0.25) is 0 Å². The molecule has 0 spiro atoms. The molecule has 0 heterocycles. The van der Waals surface area contributed by atoms with Crippen molar-refractivity contribution < 1.29 is 0 Å². The molecular formula is C11H25N. The van der Waals surface area contributed by atoms with E-state index in [0.717, 1.165) is 5.92 Å². The SMILES string of the molecule is CCCC(C)NC(C)CC(C)C. The number of hydrogen-bond acceptors (Lipinski definition) is 1. The van der Waals surface area contributed by atoms with Crippen LogP contribution in [-0.2, 0) is 0 Å². The molecule has 0 saturated carbocycles. The van der Waals surface area contributed by atoms with Gasteiger partial charge in [0.1, 0.15) is 0 Å². The van der Waals surface area contributed by atoms with Crippen molar-refractivity contribution in [2.24, 2.45) is 5.92 Å². The molecule has 1 nitrogen and oxygen atoms in total. The van der Waals surface area contributed by atoms with Crippen LogP contribution in [0.1, 0.15) is 53.9 Å². The van der Waals surface area contributed by atoms with Crippen molar-refractivity contribution in [1.29, 1.82) is 0 Å². The molecule has 0 aromatic rings. The smallest absolute Gasteiger partial charge is 0.00436 e. The topological polar surface area (TPSA) is 12.0 Å². The third-order valence-electron chi connectivity index (χ3n) is 2.12. The monoisotopic (exact) mass is 171 g/mol. The Morgan fingerprint density at radius 3 is 2.00 bits per heavy atom. The maximum absolute atomic E-state index is 3.61. The summed E-state index contributed by atoms with van der Waals surface area (Å²) in [5, 5.41) is 3.61. The Morgan fingerprint density at radius 1 is 1.00 bits per heavy atom. The van der Waals surface area contributed by atoms with Crippen LogP contribution >= 0.6 is 0 Å². The molecule has 0 aliphatic carbocycles. The maximum atomic E-state index is 3.61. The summed E-state index contributed by atoms with van der Waals surface area (Å²) in [6.45, 7) is 11.4. The predicted octanol–water partition coefficient (Wildman–Crippen LogP) is 3.20. The minimum absolute atomic E-state index is 0.673. The van der Waals surface area contributed by atoms with E-state index in [1.165, 1.54) is 19.3 Å². The Balaban J connectivity index is 3.46. The molecule has 1 heteroatoms. The summed E-state index contributed by atoms with van der Waals surface area (Å²) in [6.07, 6.45) is 3.86. The quantitative estimate of drug-likeness (QED) is 0.647. The lowest BCUT2D eigenvalue weighted by atomic mass is 10.0. The average Bonchev–Trinajstić information content (AvgIpc) is 1.84. The van der Waals surface area contributed by atoms with Gasteiger partial charge in [-0.15, -0.1) is 0 Å². The molecule has 0 aromatic heterocycles. The van der Waals surface area contributed by atoms with Crippen LogP contribution in [0.3, 0.4) is 0 Å². The van der Waals surface area contributed by atoms with Crippen molar-refractivity contribution in [3.8, 4) is 0 Å². The summed E-state index contributed by atoms with van der Waals surface area (Å²) in [4.78, 5) is 0. The predicted molar refractivity (Wildman–Crippen MR) is 56.4 cm³/mol. The molecule has 0 amide bonds. The lowest BCUT2D eigenvalue weighted by Crippen LogP contribution is -2.35. The van der Waals surface area contributed by atoms with Crippen molar-refractivity contribution in [3.05, 3.63) is 0 Å². The van der Waals surface area contributed by atoms with E-state index in [1.807, 2.05) is 0 Å². The standard InChI is InChI=1S/C11H25N/c1-6-7-10(4)12-11(5)8-9(2)3/h9-12H,6-8H2,1-5H3. The minimum atomic E-state index is 0.673. The third-order valence-corrected chi connectivity index (χ3v) is 2.12. The molecule has 0 radical (unpaired) electrons. The molecule has 0 aromatic carbocycles. The number of hydrogen-bond donors (Lipinski definition) is 1. The molecule has 2 atom stereocenters. The first-order valence-corrected chi connectivity index (χ1v) is 5.32. The zero-order valence-electron chi connectivity index (χ0n) is 9.35. The van der Waals surface area contributed by atoms with Crippen molar-refractivity contribution in [3.63, 3.8) is 0 Å². The summed E-state index contributed by atoms with van der Waals surface area (Å²) >= 11 is 0. The fourth-order valence-electron chi connectivity index (χ4n) is 1.78. The van der Waals surface area contributed by atoms with Crippen LogP contribution in [0.5, 0.6) is 0 Å². The molecule has 12 heavy (non-hydrogen) atoms. The van der Waals surface area contributed by atoms with E-state index >= 15 is 0 Å². The maximum Gasteiger partial charge on any atom is 0.00436 e. The Morgan fingerprint density at radius 2 is 1.58 bits per heavy atom. The van der Waals surface area contributed by atoms with E-state index in [-0.39, 0.29) is 0 Å². The summed E-state index contributed by atoms with van der Waals surface area (Å²) < 4.78 is 0. The second-order valence-corrected chi connectivity index (χ2v) is 4.39. The van der Waals surface area contributed by atoms with E-state index < -0.39 is 0 Å². The van der Waals surface area contributed by atoms with Gasteiger partial charge in [0.25, 0.3) is 0 Å². The second kappa shape index (κ2) is 6.47. The lowest BCUT2D eigenvalue weighted by Gasteiger charge is -2.20. The van der Waals surface area contributed by atoms with Gasteiger partial charge in [0.15, 0.2) is 0 Å². The average molecular weight is 171 g/mol. The Kier molecular flexibility index (Phi) is 6.45. The van der Waals surface area contributed by atoms with Gasteiger partial charge in [-0.25, -0.2) is 0 Å². The first-order valence-electron chi connectivity index (χ1n) is 5.32. The first kappa shape index (κ1) is 12.0. The molecule has 0 fully saturated rings. The molecule has 0 aliphatic rings. The second-order valence-electron chi connectivity index (χ2n) is 4.39. The van der Waals surface area contributed by atoms with Gasteiger partial charge in [-0.3, -0.25) is 0 Å². The van der Waals surface area contributed by atoms with Crippen LogP contribution in [0.25, 0.3) is 0 Å². The fraction of sp³-hybridized carbons (Fsp3) is 1.00. The van der Waals surface area contributed by atoms with Crippen LogP contribution in [-0.4, -0.2) is 12.1 Å². The van der Waals surface area contributed by atoms with Gasteiger partial charge in [0.05, 0.1) is 0 Å². The first-order chi connectivity index (χ1) is 5.56. The summed E-state index contributed by atoms with van der Waals surface area (Å²) in [7, 11) is 0. The molecular weight excluding hydrogens is 146 g/mol. The van der Waals surface area contributed by atoms with Gasteiger partial charge in [-0.2, -0.15) is 0 Å². The van der Waals surface area contributed by atoms with Crippen molar-refractivity contribution in [2.75, 3.05) is 0 Å². The molecule has 74 valence electrons. The van der Waals surface area contributed by atoms with E-state index in [0.29, 0.717) is 12.1 Å². The van der Waals surface area contributed by atoms with Crippen molar-refractivity contribution in [1.82, 2.24) is 5.32 Å². The highest BCUT2D eigenvalue weighted by Crippen LogP contribution is 2.05. The summed E-state index contributed by atoms with van der Waals surface area (Å²) in [5.74, 6) is 0.807. The van der Waals surface area contributed by atoms with Crippen molar-refractivity contribution >= 4 is 0 Å². The number of rotatable bonds is 6. The van der Waals surface area contributed by atoms with Gasteiger partial charge in [0, 0.05) is 12.1 Å². The molecule has 0 aliphatic heterocycles. The van der Waals surface area contributed by atoms with Gasteiger partial charge in [-0.05, 0) is 32.6 Å². The van der Waals surface area contributed by atoms with Gasteiger partial charge < -0.3 is 5.32 Å². The Bertz CT molecular complexity index is 99.2. The lowest BCUT2D eigenvalue weighted by molar-refractivity contribution is 0.388. The van der Waals surface area contributed by atoms with E-state index in [2.05, 4.69) is 39.9 Å². The molecule has 2 unspecified atom stereocenters. The van der Waals surface area contributed by atoms with Crippen LogP contribution in [0, 0.1) is 5.92 Å². The Hall–Kier alpha value is -0.0400. The van der Waals surface area contributed by atoms with Gasteiger partial charge in [-0.1, -0.05) is 27.2 Å². The van der Waals surface area contributed by atoms with E-state index in [1.54, 1.807) is 0 Å². The normalized spacial score (nSPS) is 16.5. The van der Waals surface area contributed by atoms with Crippen LogP contribution < -0.4 is 5.32 Å². The zero-order valence-corrected chi connectivity index (χ0v) is 9.35. The third kappa shape index (κ3) is 6.66. The highest BCUT2D eigenvalue weighted by atomic mass is 14.9. The van der Waals surface area contributed by atoms with E-state index in [4.69, 9.17) is 0 Å². The highest BCUT2D eigenvalue weighted by molar-refractivity contribution is 4.68. The largest absolute Gasteiger partial charge is 0.312 e. The number of nitrogens with one attached hydrogen (secondary N) is 1.